The molecule has 0 atom stereocenters. The molecule has 1 fully saturated rings. The van der Waals surface area contributed by atoms with Crippen LogP contribution in [0.15, 0.2) is 59.2 Å². The van der Waals surface area contributed by atoms with Gasteiger partial charge in [-0.05, 0) is 36.4 Å². The van der Waals surface area contributed by atoms with Gasteiger partial charge in [0.05, 0.1) is 17.7 Å². The molecular formula is C21H22N4O4. The third kappa shape index (κ3) is 4.38. The fourth-order valence-corrected chi connectivity index (χ4v) is 3.42. The topological polar surface area (TPSA) is 84.9 Å². The highest BCUT2D eigenvalue weighted by atomic mass is 16.6. The van der Waals surface area contributed by atoms with E-state index in [2.05, 4.69) is 14.8 Å². The molecule has 150 valence electrons. The number of oxazole rings is 1. The lowest BCUT2D eigenvalue weighted by Gasteiger charge is -2.35. The van der Waals surface area contributed by atoms with Crippen LogP contribution in [0.1, 0.15) is 5.69 Å². The molecule has 0 N–H and O–H groups in total. The van der Waals surface area contributed by atoms with Gasteiger partial charge in [0, 0.05) is 56.1 Å². The third-order valence-corrected chi connectivity index (χ3v) is 5.07. The number of piperazine rings is 1. The molecule has 0 saturated carbocycles. The molecular weight excluding hydrogens is 372 g/mol. The van der Waals surface area contributed by atoms with Gasteiger partial charge >= 0.3 is 0 Å². The van der Waals surface area contributed by atoms with E-state index >= 15 is 0 Å². The Labute approximate surface area is 168 Å². The van der Waals surface area contributed by atoms with Crippen molar-refractivity contribution < 1.29 is 14.1 Å². The standard InChI is InChI=1S/C21H22N4O4/c1-28-20-8-2-16(3-9-20)21-22-17(15-29-21)14-23-10-12-24(13-11-23)18-4-6-19(7-5-18)25(26)27/h2-9,15H,10-14H2,1H3. The second kappa shape index (κ2) is 8.32. The average molecular weight is 394 g/mol. The minimum atomic E-state index is -0.375. The van der Waals surface area contributed by atoms with Crippen molar-refractivity contribution in [3.63, 3.8) is 0 Å². The van der Waals surface area contributed by atoms with Crippen molar-refractivity contribution in [3.8, 4) is 17.2 Å². The Morgan fingerprint density at radius 3 is 2.38 bits per heavy atom. The first-order valence-corrected chi connectivity index (χ1v) is 9.43. The van der Waals surface area contributed by atoms with Gasteiger partial charge in [0.2, 0.25) is 5.89 Å². The van der Waals surface area contributed by atoms with Crippen LogP contribution in [0.2, 0.25) is 0 Å². The molecule has 8 heteroatoms. The van der Waals surface area contributed by atoms with E-state index < -0.39 is 0 Å². The van der Waals surface area contributed by atoms with Gasteiger partial charge in [0.15, 0.2) is 0 Å². The van der Waals surface area contributed by atoms with Crippen LogP contribution >= 0.6 is 0 Å². The van der Waals surface area contributed by atoms with Crippen LogP contribution in [0.4, 0.5) is 11.4 Å². The monoisotopic (exact) mass is 394 g/mol. The van der Waals surface area contributed by atoms with Gasteiger partial charge in [-0.2, -0.15) is 0 Å². The number of benzene rings is 2. The quantitative estimate of drug-likeness (QED) is 0.467. The van der Waals surface area contributed by atoms with Crippen molar-refractivity contribution >= 4 is 11.4 Å². The SMILES string of the molecule is COc1ccc(-c2nc(CN3CCN(c4ccc([N+](=O)[O-])cc4)CC3)co2)cc1. The van der Waals surface area contributed by atoms with Gasteiger partial charge in [0.25, 0.3) is 5.69 Å². The Bertz CT molecular complexity index is 961. The molecule has 2 heterocycles. The number of hydrogen-bond donors (Lipinski definition) is 0. The van der Waals surface area contributed by atoms with E-state index in [1.807, 2.05) is 36.4 Å². The second-order valence-corrected chi connectivity index (χ2v) is 6.91. The highest BCUT2D eigenvalue weighted by Crippen LogP contribution is 2.23. The van der Waals surface area contributed by atoms with E-state index in [-0.39, 0.29) is 10.6 Å². The van der Waals surface area contributed by atoms with Gasteiger partial charge in [-0.25, -0.2) is 4.98 Å². The predicted molar refractivity (Wildman–Crippen MR) is 109 cm³/mol. The predicted octanol–water partition coefficient (Wildman–Crippen LogP) is 3.58. The van der Waals surface area contributed by atoms with E-state index in [9.17, 15) is 10.1 Å². The summed E-state index contributed by atoms with van der Waals surface area (Å²) in [4.78, 5) is 19.6. The molecule has 0 amide bonds. The zero-order chi connectivity index (χ0) is 20.2. The molecule has 0 bridgehead atoms. The molecule has 4 rings (SSSR count). The van der Waals surface area contributed by atoms with Crippen LogP contribution < -0.4 is 9.64 Å². The van der Waals surface area contributed by atoms with Crippen LogP contribution in [0, 0.1) is 10.1 Å². The van der Waals surface area contributed by atoms with Crippen molar-refractivity contribution in [2.24, 2.45) is 0 Å². The first-order chi connectivity index (χ1) is 14.1. The molecule has 0 aliphatic carbocycles. The molecule has 8 nitrogen and oxygen atoms in total. The zero-order valence-corrected chi connectivity index (χ0v) is 16.2. The number of hydrogen-bond acceptors (Lipinski definition) is 7. The van der Waals surface area contributed by atoms with Gasteiger partial charge in [0.1, 0.15) is 12.0 Å². The number of methoxy groups -OCH3 is 1. The maximum atomic E-state index is 10.8. The summed E-state index contributed by atoms with van der Waals surface area (Å²) in [6.45, 7) is 4.24. The van der Waals surface area contributed by atoms with E-state index in [0.29, 0.717) is 5.89 Å². The number of nitro groups is 1. The molecule has 0 radical (unpaired) electrons. The smallest absolute Gasteiger partial charge is 0.269 e. The molecule has 1 saturated heterocycles. The van der Waals surface area contributed by atoms with Gasteiger partial charge in [-0.3, -0.25) is 15.0 Å². The average Bonchev–Trinajstić information content (AvgIpc) is 3.23. The highest BCUT2D eigenvalue weighted by Gasteiger charge is 2.19. The lowest BCUT2D eigenvalue weighted by molar-refractivity contribution is -0.384. The van der Waals surface area contributed by atoms with E-state index in [0.717, 1.165) is 55.4 Å². The highest BCUT2D eigenvalue weighted by molar-refractivity contribution is 5.54. The Morgan fingerprint density at radius 2 is 1.76 bits per heavy atom. The van der Waals surface area contributed by atoms with Crippen LogP contribution in [-0.2, 0) is 6.54 Å². The lowest BCUT2D eigenvalue weighted by Crippen LogP contribution is -2.46. The molecule has 1 aromatic heterocycles. The number of anilines is 1. The second-order valence-electron chi connectivity index (χ2n) is 6.91. The summed E-state index contributed by atoms with van der Waals surface area (Å²) in [6.07, 6.45) is 1.71. The molecule has 0 spiro atoms. The molecule has 3 aromatic rings. The van der Waals surface area contributed by atoms with Crippen LogP contribution in [0.3, 0.4) is 0 Å². The molecule has 1 aliphatic heterocycles. The summed E-state index contributed by atoms with van der Waals surface area (Å²) in [7, 11) is 1.64. The summed E-state index contributed by atoms with van der Waals surface area (Å²) in [5, 5.41) is 10.8. The van der Waals surface area contributed by atoms with Crippen molar-refractivity contribution in [3.05, 3.63) is 70.6 Å². The van der Waals surface area contributed by atoms with Gasteiger partial charge in [-0.1, -0.05) is 0 Å². The third-order valence-electron chi connectivity index (χ3n) is 5.07. The van der Waals surface area contributed by atoms with Crippen molar-refractivity contribution in [2.75, 3.05) is 38.2 Å². The minimum Gasteiger partial charge on any atom is -0.497 e. The van der Waals surface area contributed by atoms with Crippen LogP contribution in [-0.4, -0.2) is 48.1 Å². The van der Waals surface area contributed by atoms with Gasteiger partial charge < -0.3 is 14.1 Å². The summed E-state index contributed by atoms with van der Waals surface area (Å²) < 4.78 is 10.8. The lowest BCUT2D eigenvalue weighted by atomic mass is 10.2. The summed E-state index contributed by atoms with van der Waals surface area (Å²) in [5.74, 6) is 1.40. The van der Waals surface area contributed by atoms with Crippen molar-refractivity contribution in [2.45, 2.75) is 6.54 Å². The van der Waals surface area contributed by atoms with E-state index in [4.69, 9.17) is 9.15 Å². The van der Waals surface area contributed by atoms with Gasteiger partial charge in [-0.15, -0.1) is 0 Å². The number of ether oxygens (including phenoxy) is 1. The number of aromatic nitrogens is 1. The van der Waals surface area contributed by atoms with Crippen LogP contribution in [0.5, 0.6) is 5.75 Å². The summed E-state index contributed by atoms with van der Waals surface area (Å²) in [6, 6.07) is 14.4. The Morgan fingerprint density at radius 1 is 1.07 bits per heavy atom. The fraction of sp³-hybridized carbons (Fsp3) is 0.286. The molecule has 0 unspecified atom stereocenters. The first-order valence-electron chi connectivity index (χ1n) is 9.43. The largest absolute Gasteiger partial charge is 0.497 e. The maximum Gasteiger partial charge on any atom is 0.269 e. The number of rotatable bonds is 6. The van der Waals surface area contributed by atoms with Crippen molar-refractivity contribution in [1.29, 1.82) is 0 Å². The summed E-state index contributed by atoms with van der Waals surface area (Å²) in [5.41, 5.74) is 2.95. The Hall–Kier alpha value is -3.39. The van der Waals surface area contributed by atoms with Crippen molar-refractivity contribution in [1.82, 2.24) is 9.88 Å². The van der Waals surface area contributed by atoms with Crippen LogP contribution in [0.25, 0.3) is 11.5 Å². The Balaban J connectivity index is 1.32. The maximum absolute atomic E-state index is 10.8. The molecule has 29 heavy (non-hydrogen) atoms. The fourth-order valence-electron chi connectivity index (χ4n) is 3.42. The van der Waals surface area contributed by atoms with E-state index in [1.165, 1.54) is 0 Å². The molecule has 2 aromatic carbocycles. The number of non-ortho nitro benzene ring substituents is 1. The first kappa shape index (κ1) is 18.9. The normalized spacial score (nSPS) is 14.7. The zero-order valence-electron chi connectivity index (χ0n) is 16.2. The molecule has 1 aliphatic rings. The summed E-state index contributed by atoms with van der Waals surface area (Å²) >= 11 is 0. The Kier molecular flexibility index (Phi) is 5.44. The van der Waals surface area contributed by atoms with E-state index in [1.54, 1.807) is 25.5 Å². The minimum absolute atomic E-state index is 0.117. The number of nitrogens with zero attached hydrogens (tertiary/aromatic N) is 4. The number of nitro benzene ring substituents is 1.